The largest absolute Gasteiger partial charge is 0.484 e. The summed E-state index contributed by atoms with van der Waals surface area (Å²) >= 11 is 0. The van der Waals surface area contributed by atoms with E-state index in [0.29, 0.717) is 6.04 Å². The van der Waals surface area contributed by atoms with E-state index in [0.717, 1.165) is 16.7 Å². The normalized spacial score (nSPS) is 14.3. The lowest BCUT2D eigenvalue weighted by Crippen LogP contribution is -2.56. The Morgan fingerprint density at radius 3 is 2.08 bits per heavy atom. The number of rotatable bonds is 6. The van der Waals surface area contributed by atoms with Crippen molar-refractivity contribution in [2.75, 3.05) is 14.1 Å². The minimum Gasteiger partial charge on any atom is -0.484 e. The fraction of sp³-hybridized carbons (Fsp3) is 0.476. The summed E-state index contributed by atoms with van der Waals surface area (Å²) in [6.07, 6.45) is 4.88. The number of hydrogen-bond donors (Lipinski definition) is 0. The van der Waals surface area contributed by atoms with Gasteiger partial charge in [0, 0.05) is 30.9 Å². The molecule has 130 valence electrons. The molecule has 3 nitrogen and oxygen atoms in total. The van der Waals surface area contributed by atoms with Crippen LogP contribution < -0.4 is 9.22 Å². The zero-order valence-electron chi connectivity index (χ0n) is 16.1. The van der Waals surface area contributed by atoms with Gasteiger partial charge in [-0.15, -0.1) is 0 Å². The molecule has 0 spiro atoms. The second-order valence-corrected chi connectivity index (χ2v) is 7.27. The number of benzene rings is 1. The van der Waals surface area contributed by atoms with E-state index in [9.17, 15) is 0 Å². The molecule has 0 saturated heterocycles. The van der Waals surface area contributed by atoms with Crippen LogP contribution in [0.2, 0.25) is 0 Å². The third kappa shape index (κ3) is 3.78. The Kier molecular flexibility index (Phi) is 5.66. The molecule has 0 fully saturated rings. The van der Waals surface area contributed by atoms with E-state index < -0.39 is 0 Å². The smallest absolute Gasteiger partial charge is 0.148 e. The lowest BCUT2D eigenvalue weighted by atomic mass is 10.0. The molecule has 2 aromatic rings. The summed E-state index contributed by atoms with van der Waals surface area (Å²) in [5, 5.41) is 0. The number of quaternary nitrogens is 1. The van der Waals surface area contributed by atoms with Crippen LogP contribution >= 0.6 is 0 Å². The van der Waals surface area contributed by atoms with Crippen LogP contribution in [-0.4, -0.2) is 31.2 Å². The zero-order valence-corrected chi connectivity index (χ0v) is 16.1. The lowest BCUT2D eigenvalue weighted by Gasteiger charge is -2.40. The number of hydrogen-bond acceptors (Lipinski definition) is 2. The average Bonchev–Trinajstić information content (AvgIpc) is 2.52. The number of aryl methyl sites for hydroxylation is 3. The van der Waals surface area contributed by atoms with Crippen molar-refractivity contribution in [2.45, 2.75) is 53.2 Å². The van der Waals surface area contributed by atoms with Crippen LogP contribution in [0.4, 0.5) is 5.69 Å². The van der Waals surface area contributed by atoms with Gasteiger partial charge in [0.05, 0.1) is 14.1 Å². The Labute approximate surface area is 146 Å². The van der Waals surface area contributed by atoms with Gasteiger partial charge in [-0.2, -0.15) is 0 Å². The summed E-state index contributed by atoms with van der Waals surface area (Å²) in [5.41, 5.74) is 4.96. The Balaban J connectivity index is 2.28. The highest BCUT2D eigenvalue weighted by molar-refractivity contribution is 5.44. The molecule has 0 N–H and O–H groups in total. The summed E-state index contributed by atoms with van der Waals surface area (Å²) in [7, 11) is 4.50. The highest BCUT2D eigenvalue weighted by Gasteiger charge is 2.35. The van der Waals surface area contributed by atoms with Gasteiger partial charge >= 0.3 is 0 Å². The predicted molar refractivity (Wildman–Crippen MR) is 103 cm³/mol. The topological polar surface area (TPSA) is 22.1 Å². The molecule has 0 aliphatic rings. The molecular formula is C21H31N2O+. The minimum absolute atomic E-state index is 0.110. The molecule has 24 heavy (non-hydrogen) atoms. The van der Waals surface area contributed by atoms with Crippen molar-refractivity contribution in [2.24, 2.45) is 0 Å². The Morgan fingerprint density at radius 2 is 1.58 bits per heavy atom. The van der Waals surface area contributed by atoms with Crippen LogP contribution in [0.1, 0.15) is 37.0 Å². The second kappa shape index (κ2) is 7.35. The quantitative estimate of drug-likeness (QED) is 0.710. The molecule has 2 atom stereocenters. The molecule has 0 bridgehead atoms. The van der Waals surface area contributed by atoms with Gasteiger partial charge < -0.3 is 4.74 Å². The maximum atomic E-state index is 6.46. The highest BCUT2D eigenvalue weighted by Crippen LogP contribution is 2.30. The summed E-state index contributed by atoms with van der Waals surface area (Å²) in [4.78, 5) is 4.15. The van der Waals surface area contributed by atoms with E-state index in [1.165, 1.54) is 22.4 Å². The predicted octanol–water partition coefficient (Wildman–Crippen LogP) is 4.82. The van der Waals surface area contributed by atoms with Crippen molar-refractivity contribution in [3.05, 3.63) is 53.3 Å². The highest BCUT2D eigenvalue weighted by atomic mass is 16.5. The van der Waals surface area contributed by atoms with Gasteiger partial charge in [-0.3, -0.25) is 9.47 Å². The fourth-order valence-electron chi connectivity index (χ4n) is 3.85. The lowest BCUT2D eigenvalue weighted by molar-refractivity contribution is 0.108. The molecule has 1 heterocycles. The van der Waals surface area contributed by atoms with Gasteiger partial charge in [0.1, 0.15) is 23.6 Å². The fourth-order valence-corrected chi connectivity index (χ4v) is 3.85. The molecule has 1 aromatic carbocycles. The number of pyridine rings is 1. The number of nitrogens with zero attached hydrogens (tertiary/aromatic N) is 2. The third-order valence-corrected chi connectivity index (χ3v) is 5.03. The van der Waals surface area contributed by atoms with Crippen LogP contribution in [0.25, 0.3) is 0 Å². The Bertz CT molecular complexity index is 656. The van der Waals surface area contributed by atoms with E-state index in [1.54, 1.807) is 0 Å². The zero-order chi connectivity index (χ0) is 17.9. The van der Waals surface area contributed by atoms with Gasteiger partial charge in [-0.05, 0) is 38.8 Å². The van der Waals surface area contributed by atoms with E-state index in [-0.39, 0.29) is 6.10 Å². The summed E-state index contributed by atoms with van der Waals surface area (Å²) < 4.78 is 7.24. The molecule has 0 aliphatic heterocycles. The molecular weight excluding hydrogens is 296 g/mol. The van der Waals surface area contributed by atoms with Gasteiger partial charge in [0.2, 0.25) is 0 Å². The van der Waals surface area contributed by atoms with E-state index >= 15 is 0 Å². The van der Waals surface area contributed by atoms with Crippen LogP contribution in [0.3, 0.4) is 0 Å². The number of ether oxygens (including phenoxy) is 1. The SMILES string of the molecule is CCC(C(C)Oc1c(C)cc(C)cc1C)[N+](C)(C)c1ccncc1. The molecule has 3 heteroatoms. The van der Waals surface area contributed by atoms with Gasteiger partial charge in [0.25, 0.3) is 0 Å². The van der Waals surface area contributed by atoms with Gasteiger partial charge in [0.15, 0.2) is 0 Å². The standard InChI is InChI=1S/C21H31N2O/c1-8-20(23(6,7)19-9-11-22-12-10-19)18(5)24-21-16(3)13-15(2)14-17(21)4/h9-14,18,20H,8H2,1-7H3/q+1. The molecule has 1 aromatic heterocycles. The minimum atomic E-state index is 0.110. The van der Waals surface area contributed by atoms with Crippen LogP contribution in [0.15, 0.2) is 36.7 Å². The number of aromatic nitrogens is 1. The van der Waals surface area contributed by atoms with E-state index in [1.807, 2.05) is 12.4 Å². The summed E-state index contributed by atoms with van der Waals surface area (Å²) in [6, 6.07) is 8.93. The van der Waals surface area contributed by atoms with E-state index in [2.05, 4.69) is 78.0 Å². The van der Waals surface area contributed by atoms with Crippen molar-refractivity contribution in [1.29, 1.82) is 0 Å². The molecule has 2 unspecified atom stereocenters. The number of likely N-dealkylation sites (N-methyl/N-ethyl adjacent to an activating group) is 1. The maximum absolute atomic E-state index is 6.46. The molecule has 0 amide bonds. The molecule has 0 radical (unpaired) electrons. The first-order valence-corrected chi connectivity index (χ1v) is 8.76. The first-order valence-electron chi connectivity index (χ1n) is 8.76. The van der Waals surface area contributed by atoms with Crippen molar-refractivity contribution in [3.8, 4) is 5.75 Å². The van der Waals surface area contributed by atoms with Crippen LogP contribution in [0.5, 0.6) is 5.75 Å². The summed E-state index contributed by atoms with van der Waals surface area (Å²) in [5.74, 6) is 1.03. The Morgan fingerprint density at radius 1 is 1.04 bits per heavy atom. The monoisotopic (exact) mass is 327 g/mol. The average molecular weight is 327 g/mol. The third-order valence-electron chi connectivity index (χ3n) is 5.03. The van der Waals surface area contributed by atoms with Gasteiger partial charge in [-0.25, -0.2) is 0 Å². The van der Waals surface area contributed by atoms with Crippen molar-refractivity contribution in [3.63, 3.8) is 0 Å². The second-order valence-electron chi connectivity index (χ2n) is 7.27. The van der Waals surface area contributed by atoms with Crippen LogP contribution in [-0.2, 0) is 0 Å². The van der Waals surface area contributed by atoms with Crippen molar-refractivity contribution < 1.29 is 4.74 Å². The van der Waals surface area contributed by atoms with Crippen molar-refractivity contribution >= 4 is 5.69 Å². The molecule has 0 aliphatic carbocycles. The first kappa shape index (κ1) is 18.5. The maximum Gasteiger partial charge on any atom is 0.148 e. The van der Waals surface area contributed by atoms with E-state index in [4.69, 9.17) is 4.74 Å². The van der Waals surface area contributed by atoms with Gasteiger partial charge in [-0.1, -0.05) is 24.6 Å². The van der Waals surface area contributed by atoms with Crippen LogP contribution in [0, 0.1) is 20.8 Å². The molecule has 2 rings (SSSR count). The summed E-state index contributed by atoms with van der Waals surface area (Å²) in [6.45, 7) is 10.8. The molecule has 0 saturated carbocycles. The van der Waals surface area contributed by atoms with Crippen molar-refractivity contribution in [1.82, 2.24) is 9.47 Å². The first-order chi connectivity index (χ1) is 11.3. The Hall–Kier alpha value is -1.87.